The van der Waals surface area contributed by atoms with Gasteiger partial charge in [-0.25, -0.2) is 0 Å². The Hall–Kier alpha value is -3.22. The highest BCUT2D eigenvalue weighted by molar-refractivity contribution is 6.07. The summed E-state index contributed by atoms with van der Waals surface area (Å²) in [5.74, 6) is -0.578. The molecular formula is C16H13N3O4. The third-order valence-electron chi connectivity index (χ3n) is 3.60. The maximum atomic E-state index is 12.3. The molecular weight excluding hydrogens is 298 g/mol. The summed E-state index contributed by atoms with van der Waals surface area (Å²) >= 11 is 0. The summed E-state index contributed by atoms with van der Waals surface area (Å²) in [5.41, 5.74) is 1.94. The van der Waals surface area contributed by atoms with E-state index in [2.05, 4.69) is 10.6 Å². The van der Waals surface area contributed by atoms with E-state index in [0.29, 0.717) is 18.5 Å². The van der Waals surface area contributed by atoms with Crippen molar-refractivity contribution in [3.05, 3.63) is 63.7 Å². The van der Waals surface area contributed by atoms with Crippen molar-refractivity contribution in [2.24, 2.45) is 0 Å². The molecule has 2 aromatic rings. The molecule has 1 heterocycles. The molecule has 0 aromatic heterocycles. The lowest BCUT2D eigenvalue weighted by Gasteiger charge is -2.17. The summed E-state index contributed by atoms with van der Waals surface area (Å²) in [6.07, 6.45) is 0.991. The van der Waals surface area contributed by atoms with Crippen molar-refractivity contribution in [1.82, 2.24) is 0 Å². The number of nitro benzene ring substituents is 1. The standard InChI is InChI=1S/C16H13N3O4/c20-15-8-5-10-9-11(6-7-13(10)18-15)17-16(21)12-3-1-2-4-14(12)19(22)23/h1-4,6-7,9H,5,8H2,(H,17,21)(H,18,20). The Kier molecular flexibility index (Phi) is 3.76. The van der Waals surface area contributed by atoms with Gasteiger partial charge >= 0.3 is 0 Å². The molecule has 0 bridgehead atoms. The van der Waals surface area contributed by atoms with Gasteiger partial charge in [0, 0.05) is 23.9 Å². The molecule has 2 amide bonds. The Balaban J connectivity index is 1.84. The Morgan fingerprint density at radius 2 is 1.96 bits per heavy atom. The van der Waals surface area contributed by atoms with Crippen LogP contribution in [0.4, 0.5) is 17.1 Å². The molecule has 0 saturated carbocycles. The van der Waals surface area contributed by atoms with Gasteiger partial charge in [0.15, 0.2) is 0 Å². The SMILES string of the molecule is O=C1CCc2cc(NC(=O)c3ccccc3[N+](=O)[O-])ccc2N1. The number of para-hydroxylation sites is 1. The van der Waals surface area contributed by atoms with Gasteiger partial charge in [-0.2, -0.15) is 0 Å². The van der Waals surface area contributed by atoms with Crippen LogP contribution in [-0.4, -0.2) is 16.7 Å². The number of nitro groups is 1. The van der Waals surface area contributed by atoms with Crippen molar-refractivity contribution in [3.8, 4) is 0 Å². The van der Waals surface area contributed by atoms with Gasteiger partial charge < -0.3 is 10.6 Å². The highest BCUT2D eigenvalue weighted by Crippen LogP contribution is 2.26. The first-order valence-corrected chi connectivity index (χ1v) is 7.02. The summed E-state index contributed by atoms with van der Waals surface area (Å²) in [5, 5.41) is 16.4. The van der Waals surface area contributed by atoms with E-state index < -0.39 is 10.8 Å². The maximum Gasteiger partial charge on any atom is 0.282 e. The maximum absolute atomic E-state index is 12.3. The summed E-state index contributed by atoms with van der Waals surface area (Å²) < 4.78 is 0. The van der Waals surface area contributed by atoms with E-state index >= 15 is 0 Å². The monoisotopic (exact) mass is 311 g/mol. The van der Waals surface area contributed by atoms with E-state index in [1.165, 1.54) is 18.2 Å². The first-order valence-electron chi connectivity index (χ1n) is 7.02. The number of carbonyl (C=O) groups excluding carboxylic acids is 2. The number of benzene rings is 2. The number of hydrogen-bond donors (Lipinski definition) is 2. The molecule has 0 radical (unpaired) electrons. The molecule has 0 atom stereocenters. The minimum Gasteiger partial charge on any atom is -0.326 e. The van der Waals surface area contributed by atoms with E-state index in [9.17, 15) is 19.7 Å². The van der Waals surface area contributed by atoms with E-state index in [1.807, 2.05) is 0 Å². The molecule has 7 heteroatoms. The molecule has 2 aromatic carbocycles. The van der Waals surface area contributed by atoms with Crippen LogP contribution in [0.2, 0.25) is 0 Å². The molecule has 23 heavy (non-hydrogen) atoms. The smallest absolute Gasteiger partial charge is 0.282 e. The van der Waals surface area contributed by atoms with Crippen molar-refractivity contribution in [2.45, 2.75) is 12.8 Å². The first-order chi connectivity index (χ1) is 11.0. The molecule has 0 spiro atoms. The third-order valence-corrected chi connectivity index (χ3v) is 3.60. The minimum absolute atomic E-state index is 0.00326. The molecule has 7 nitrogen and oxygen atoms in total. The number of rotatable bonds is 3. The molecule has 1 aliphatic heterocycles. The average molecular weight is 311 g/mol. The molecule has 116 valence electrons. The van der Waals surface area contributed by atoms with Crippen LogP contribution in [0.15, 0.2) is 42.5 Å². The number of amides is 2. The average Bonchev–Trinajstić information content (AvgIpc) is 2.55. The van der Waals surface area contributed by atoms with Crippen LogP contribution in [-0.2, 0) is 11.2 Å². The lowest BCUT2D eigenvalue weighted by atomic mass is 10.0. The second kappa shape index (κ2) is 5.88. The van der Waals surface area contributed by atoms with E-state index in [4.69, 9.17) is 0 Å². The van der Waals surface area contributed by atoms with Gasteiger partial charge in [0.1, 0.15) is 5.56 Å². The Morgan fingerprint density at radius 3 is 2.74 bits per heavy atom. The van der Waals surface area contributed by atoms with Crippen LogP contribution in [0, 0.1) is 10.1 Å². The highest BCUT2D eigenvalue weighted by Gasteiger charge is 2.20. The van der Waals surface area contributed by atoms with E-state index in [-0.39, 0.29) is 17.2 Å². The normalized spacial score (nSPS) is 13.0. The quantitative estimate of drug-likeness (QED) is 0.672. The zero-order chi connectivity index (χ0) is 16.4. The van der Waals surface area contributed by atoms with Crippen molar-refractivity contribution >= 4 is 28.9 Å². The van der Waals surface area contributed by atoms with Crippen LogP contribution in [0.25, 0.3) is 0 Å². The number of carbonyl (C=O) groups is 2. The van der Waals surface area contributed by atoms with Gasteiger partial charge in [0.2, 0.25) is 5.91 Å². The number of nitrogens with zero attached hydrogens (tertiary/aromatic N) is 1. The number of hydrogen-bond acceptors (Lipinski definition) is 4. The summed E-state index contributed by atoms with van der Waals surface area (Å²) in [7, 11) is 0. The van der Waals surface area contributed by atoms with Crippen LogP contribution in [0.1, 0.15) is 22.3 Å². The predicted octanol–water partition coefficient (Wildman–Crippen LogP) is 2.73. The van der Waals surface area contributed by atoms with Gasteiger partial charge in [-0.05, 0) is 36.2 Å². The van der Waals surface area contributed by atoms with E-state index in [1.54, 1.807) is 24.3 Å². The lowest BCUT2D eigenvalue weighted by Crippen LogP contribution is -2.19. The van der Waals surface area contributed by atoms with Crippen LogP contribution in [0.3, 0.4) is 0 Å². The lowest BCUT2D eigenvalue weighted by molar-refractivity contribution is -0.385. The summed E-state index contributed by atoms with van der Waals surface area (Å²) in [6.45, 7) is 0. The fraction of sp³-hybridized carbons (Fsp3) is 0.125. The van der Waals surface area contributed by atoms with Gasteiger partial charge in [-0.15, -0.1) is 0 Å². The molecule has 0 unspecified atom stereocenters. The summed E-state index contributed by atoms with van der Waals surface area (Å²) in [4.78, 5) is 34.0. The predicted molar refractivity (Wildman–Crippen MR) is 84.4 cm³/mol. The van der Waals surface area contributed by atoms with Crippen LogP contribution in [0.5, 0.6) is 0 Å². The van der Waals surface area contributed by atoms with Gasteiger partial charge in [-0.3, -0.25) is 19.7 Å². The largest absolute Gasteiger partial charge is 0.326 e. The van der Waals surface area contributed by atoms with Crippen molar-refractivity contribution in [2.75, 3.05) is 10.6 Å². The van der Waals surface area contributed by atoms with E-state index in [0.717, 1.165) is 11.3 Å². The number of anilines is 2. The number of nitrogens with one attached hydrogen (secondary N) is 2. The molecule has 2 N–H and O–H groups in total. The van der Waals surface area contributed by atoms with Crippen LogP contribution < -0.4 is 10.6 Å². The number of aryl methyl sites for hydroxylation is 1. The van der Waals surface area contributed by atoms with Crippen molar-refractivity contribution in [1.29, 1.82) is 0 Å². The fourth-order valence-corrected chi connectivity index (χ4v) is 2.48. The zero-order valence-corrected chi connectivity index (χ0v) is 12.0. The fourth-order valence-electron chi connectivity index (χ4n) is 2.48. The van der Waals surface area contributed by atoms with Crippen molar-refractivity contribution < 1.29 is 14.5 Å². The van der Waals surface area contributed by atoms with Gasteiger partial charge in [0.05, 0.1) is 4.92 Å². The second-order valence-corrected chi connectivity index (χ2v) is 5.15. The number of fused-ring (bicyclic) bond motifs is 1. The molecule has 0 saturated heterocycles. The second-order valence-electron chi connectivity index (χ2n) is 5.15. The van der Waals surface area contributed by atoms with Crippen LogP contribution >= 0.6 is 0 Å². The highest BCUT2D eigenvalue weighted by atomic mass is 16.6. The molecule has 0 aliphatic carbocycles. The Labute approximate surface area is 131 Å². The zero-order valence-electron chi connectivity index (χ0n) is 12.0. The van der Waals surface area contributed by atoms with Crippen molar-refractivity contribution in [3.63, 3.8) is 0 Å². The minimum atomic E-state index is -0.586. The third kappa shape index (κ3) is 3.03. The van der Waals surface area contributed by atoms with Gasteiger partial charge in [0.25, 0.3) is 11.6 Å². The molecule has 3 rings (SSSR count). The summed E-state index contributed by atoms with van der Waals surface area (Å²) in [6, 6.07) is 10.9. The molecule has 1 aliphatic rings. The molecule has 0 fully saturated rings. The first kappa shape index (κ1) is 14.7. The Bertz CT molecular complexity index is 817. The Morgan fingerprint density at radius 1 is 1.17 bits per heavy atom. The van der Waals surface area contributed by atoms with Gasteiger partial charge in [-0.1, -0.05) is 12.1 Å². The topological polar surface area (TPSA) is 101 Å².